The fourth-order valence-corrected chi connectivity index (χ4v) is 2.15. The van der Waals surface area contributed by atoms with Gasteiger partial charge in [0.05, 0.1) is 6.54 Å². The summed E-state index contributed by atoms with van der Waals surface area (Å²) in [6.07, 6.45) is 0. The smallest absolute Gasteiger partial charge is 0.248 e. The van der Waals surface area contributed by atoms with E-state index in [2.05, 4.69) is 41.6 Å². The van der Waals surface area contributed by atoms with Crippen molar-refractivity contribution in [2.75, 3.05) is 0 Å². The molecule has 2 aromatic rings. The van der Waals surface area contributed by atoms with Crippen molar-refractivity contribution < 1.29 is 4.79 Å². The van der Waals surface area contributed by atoms with Gasteiger partial charge >= 0.3 is 0 Å². The van der Waals surface area contributed by atoms with Gasteiger partial charge in [-0.25, -0.2) is 4.99 Å². The zero-order valence-electron chi connectivity index (χ0n) is 14.1. The summed E-state index contributed by atoms with van der Waals surface area (Å²) in [5, 5.41) is 6.62. The van der Waals surface area contributed by atoms with Crippen LogP contribution in [0.3, 0.4) is 0 Å². The van der Waals surface area contributed by atoms with Crippen LogP contribution in [0.1, 0.15) is 35.3 Å². The second-order valence-electron chi connectivity index (χ2n) is 5.86. The molecule has 0 aliphatic carbocycles. The van der Waals surface area contributed by atoms with Crippen LogP contribution in [-0.4, -0.2) is 17.9 Å². The van der Waals surface area contributed by atoms with E-state index in [9.17, 15) is 4.79 Å². The molecule has 5 heteroatoms. The first-order valence-corrected chi connectivity index (χ1v) is 8.02. The van der Waals surface area contributed by atoms with Crippen molar-refractivity contribution in [3.8, 4) is 0 Å². The number of hydrogen-bond acceptors (Lipinski definition) is 2. The molecule has 0 atom stereocenters. The van der Waals surface area contributed by atoms with E-state index in [0.29, 0.717) is 18.7 Å². The predicted molar refractivity (Wildman–Crippen MR) is 97.7 cm³/mol. The van der Waals surface area contributed by atoms with E-state index in [1.807, 2.05) is 30.3 Å². The van der Waals surface area contributed by atoms with Crippen LogP contribution < -0.4 is 16.4 Å². The molecule has 2 rings (SSSR count). The van der Waals surface area contributed by atoms with Crippen LogP contribution in [0.5, 0.6) is 0 Å². The third-order valence-corrected chi connectivity index (χ3v) is 3.39. The quantitative estimate of drug-likeness (QED) is 0.564. The van der Waals surface area contributed by atoms with E-state index < -0.39 is 5.91 Å². The number of rotatable bonds is 6. The minimum atomic E-state index is -0.416. The highest BCUT2D eigenvalue weighted by atomic mass is 16.1. The molecule has 0 unspecified atom stereocenters. The Kier molecular flexibility index (Phi) is 6.37. The first-order chi connectivity index (χ1) is 11.5. The summed E-state index contributed by atoms with van der Waals surface area (Å²) in [4.78, 5) is 15.7. The van der Waals surface area contributed by atoms with Crippen molar-refractivity contribution >= 4 is 11.9 Å². The third-order valence-electron chi connectivity index (χ3n) is 3.39. The minimum absolute atomic E-state index is 0.282. The topological polar surface area (TPSA) is 79.5 Å². The van der Waals surface area contributed by atoms with Gasteiger partial charge in [0.15, 0.2) is 5.96 Å². The number of hydrogen-bond donors (Lipinski definition) is 3. The van der Waals surface area contributed by atoms with Gasteiger partial charge in [0.2, 0.25) is 5.91 Å². The van der Waals surface area contributed by atoms with Gasteiger partial charge in [-0.2, -0.15) is 0 Å². The van der Waals surface area contributed by atoms with E-state index in [0.717, 1.165) is 17.1 Å². The Bertz CT molecular complexity index is 678. The lowest BCUT2D eigenvalue weighted by Gasteiger charge is -2.15. The number of nitrogens with two attached hydrogens (primary N) is 1. The van der Waals surface area contributed by atoms with Gasteiger partial charge in [-0.3, -0.25) is 4.79 Å². The molecular formula is C19H24N4O. The lowest BCUT2D eigenvalue weighted by atomic mass is 10.1. The zero-order valence-corrected chi connectivity index (χ0v) is 14.1. The monoisotopic (exact) mass is 324 g/mol. The highest BCUT2D eigenvalue weighted by Crippen LogP contribution is 2.04. The Morgan fingerprint density at radius 1 is 1.04 bits per heavy atom. The van der Waals surface area contributed by atoms with E-state index in [1.54, 1.807) is 12.1 Å². The van der Waals surface area contributed by atoms with Gasteiger partial charge in [0, 0.05) is 18.2 Å². The van der Waals surface area contributed by atoms with Crippen molar-refractivity contribution in [3.63, 3.8) is 0 Å². The maximum absolute atomic E-state index is 11.1. The number of carbonyl (C=O) groups excluding carboxylic acids is 1. The van der Waals surface area contributed by atoms with Gasteiger partial charge in [-0.05, 0) is 37.1 Å². The number of primary amides is 1. The molecule has 0 saturated heterocycles. The molecule has 0 radical (unpaired) electrons. The average molecular weight is 324 g/mol. The van der Waals surface area contributed by atoms with Crippen LogP contribution in [0.15, 0.2) is 59.6 Å². The summed E-state index contributed by atoms with van der Waals surface area (Å²) in [6.45, 7) is 5.37. The molecule has 0 aliphatic rings. The van der Waals surface area contributed by atoms with Gasteiger partial charge in [-0.15, -0.1) is 0 Å². The molecule has 0 aromatic heterocycles. The first kappa shape index (κ1) is 17.5. The van der Waals surface area contributed by atoms with E-state index >= 15 is 0 Å². The van der Waals surface area contributed by atoms with Crippen LogP contribution in [0.25, 0.3) is 0 Å². The fourth-order valence-electron chi connectivity index (χ4n) is 2.15. The molecule has 2 aromatic carbocycles. The van der Waals surface area contributed by atoms with Gasteiger partial charge < -0.3 is 16.4 Å². The maximum atomic E-state index is 11.1. The molecular weight excluding hydrogens is 300 g/mol. The van der Waals surface area contributed by atoms with Crippen LogP contribution in [0, 0.1) is 0 Å². The van der Waals surface area contributed by atoms with Crippen LogP contribution in [0.4, 0.5) is 0 Å². The Morgan fingerprint density at radius 3 is 2.29 bits per heavy atom. The molecule has 0 heterocycles. The molecule has 0 fully saturated rings. The summed E-state index contributed by atoms with van der Waals surface area (Å²) in [6, 6.07) is 17.6. The number of amides is 1. The summed E-state index contributed by atoms with van der Waals surface area (Å²) < 4.78 is 0. The van der Waals surface area contributed by atoms with Crippen LogP contribution in [-0.2, 0) is 13.1 Å². The highest BCUT2D eigenvalue weighted by molar-refractivity contribution is 5.92. The Hall–Kier alpha value is -2.82. The van der Waals surface area contributed by atoms with Crippen molar-refractivity contribution in [1.29, 1.82) is 0 Å². The minimum Gasteiger partial charge on any atom is -0.366 e. The summed E-state index contributed by atoms with van der Waals surface area (Å²) >= 11 is 0. The second kappa shape index (κ2) is 8.72. The molecule has 126 valence electrons. The predicted octanol–water partition coefficient (Wildman–Crippen LogP) is 2.43. The molecule has 5 nitrogen and oxygen atoms in total. The van der Waals surface area contributed by atoms with Crippen LogP contribution in [0.2, 0.25) is 0 Å². The van der Waals surface area contributed by atoms with Gasteiger partial charge in [-0.1, -0.05) is 42.5 Å². The standard InChI is InChI=1S/C19H24N4O/c1-14(2)23-19(21-12-15-6-4-3-5-7-15)22-13-16-8-10-17(11-9-16)18(20)24/h3-11,14H,12-13H2,1-2H3,(H2,20,24)(H2,21,22,23). The molecule has 0 aliphatic heterocycles. The van der Waals surface area contributed by atoms with Crippen molar-refractivity contribution in [2.24, 2.45) is 10.7 Å². The molecule has 0 bridgehead atoms. The second-order valence-corrected chi connectivity index (χ2v) is 5.86. The average Bonchev–Trinajstić information content (AvgIpc) is 2.58. The number of nitrogens with zero attached hydrogens (tertiary/aromatic N) is 1. The van der Waals surface area contributed by atoms with E-state index in [1.165, 1.54) is 0 Å². The summed E-state index contributed by atoms with van der Waals surface area (Å²) in [7, 11) is 0. The SMILES string of the molecule is CC(C)NC(=NCc1ccccc1)NCc1ccc(C(N)=O)cc1. The number of nitrogens with one attached hydrogen (secondary N) is 2. The third kappa shape index (κ3) is 5.76. The molecule has 1 amide bonds. The Labute approximate surface area is 143 Å². The lowest BCUT2D eigenvalue weighted by Crippen LogP contribution is -2.40. The Balaban J connectivity index is 1.99. The van der Waals surface area contributed by atoms with Gasteiger partial charge in [0.25, 0.3) is 0 Å². The Morgan fingerprint density at radius 2 is 1.71 bits per heavy atom. The lowest BCUT2D eigenvalue weighted by molar-refractivity contribution is 0.100. The van der Waals surface area contributed by atoms with E-state index in [4.69, 9.17) is 5.73 Å². The number of guanidine groups is 1. The van der Waals surface area contributed by atoms with Crippen molar-refractivity contribution in [2.45, 2.75) is 33.0 Å². The molecule has 24 heavy (non-hydrogen) atoms. The number of benzene rings is 2. The maximum Gasteiger partial charge on any atom is 0.248 e. The van der Waals surface area contributed by atoms with E-state index in [-0.39, 0.29) is 6.04 Å². The first-order valence-electron chi connectivity index (χ1n) is 8.02. The van der Waals surface area contributed by atoms with Crippen molar-refractivity contribution in [1.82, 2.24) is 10.6 Å². The zero-order chi connectivity index (χ0) is 17.4. The number of carbonyl (C=O) groups is 1. The largest absolute Gasteiger partial charge is 0.366 e. The molecule has 4 N–H and O–H groups in total. The summed E-state index contributed by atoms with van der Waals surface area (Å²) in [5.74, 6) is 0.342. The summed E-state index contributed by atoms with van der Waals surface area (Å²) in [5.41, 5.74) is 7.98. The number of aliphatic imine (C=N–C) groups is 1. The van der Waals surface area contributed by atoms with Crippen LogP contribution >= 0.6 is 0 Å². The molecule has 0 spiro atoms. The van der Waals surface area contributed by atoms with Crippen molar-refractivity contribution in [3.05, 3.63) is 71.3 Å². The molecule has 0 saturated carbocycles. The van der Waals surface area contributed by atoms with Gasteiger partial charge in [0.1, 0.15) is 0 Å². The highest BCUT2D eigenvalue weighted by Gasteiger charge is 2.03. The fraction of sp³-hybridized carbons (Fsp3) is 0.263. The normalized spacial score (nSPS) is 11.4.